The Morgan fingerprint density at radius 1 is 1.53 bits per heavy atom. The van der Waals surface area contributed by atoms with Gasteiger partial charge in [0.2, 0.25) is 0 Å². The molecule has 0 amide bonds. The minimum Gasteiger partial charge on any atom is -0.312 e. The van der Waals surface area contributed by atoms with Crippen molar-refractivity contribution in [1.82, 2.24) is 5.32 Å². The van der Waals surface area contributed by atoms with E-state index in [1.807, 2.05) is 6.07 Å². The number of benzene rings is 1. The van der Waals surface area contributed by atoms with Gasteiger partial charge in [-0.25, -0.2) is 4.39 Å². The zero-order chi connectivity index (χ0) is 10.8. The van der Waals surface area contributed by atoms with Crippen LogP contribution in [0.4, 0.5) is 4.39 Å². The molecule has 2 atom stereocenters. The van der Waals surface area contributed by atoms with Gasteiger partial charge < -0.3 is 5.32 Å². The van der Waals surface area contributed by atoms with Crippen molar-refractivity contribution < 1.29 is 4.39 Å². The molecule has 2 unspecified atom stereocenters. The van der Waals surface area contributed by atoms with E-state index in [0.29, 0.717) is 4.47 Å². The van der Waals surface area contributed by atoms with Crippen LogP contribution < -0.4 is 5.32 Å². The molecule has 1 N–H and O–H groups in total. The molecule has 1 nitrogen and oxygen atoms in total. The van der Waals surface area contributed by atoms with Crippen LogP contribution in [0, 0.1) is 17.7 Å². The number of hydrogen-bond acceptors (Lipinski definition) is 1. The summed E-state index contributed by atoms with van der Waals surface area (Å²) in [5.74, 6) is 1.51. The number of halogens is 2. The number of rotatable bonds is 4. The summed E-state index contributed by atoms with van der Waals surface area (Å²) in [6, 6.07) is 5.16. The third-order valence-corrected chi connectivity index (χ3v) is 3.92. The Kier molecular flexibility index (Phi) is 3.42. The molecule has 1 fully saturated rings. The molecule has 0 radical (unpaired) electrons. The van der Waals surface area contributed by atoms with Crippen LogP contribution in [0.25, 0.3) is 0 Å². The molecule has 0 bridgehead atoms. The van der Waals surface area contributed by atoms with Gasteiger partial charge in [-0.1, -0.05) is 19.1 Å². The molecule has 0 heterocycles. The standard InChI is InChI=1S/C12H15BrFN/c1-8-5-10(8)7-15-6-9-3-2-4-11(14)12(9)13/h2-4,8,10,15H,5-7H2,1H3. The van der Waals surface area contributed by atoms with Crippen LogP contribution in [0.3, 0.4) is 0 Å². The van der Waals surface area contributed by atoms with E-state index in [4.69, 9.17) is 0 Å². The Bertz CT molecular complexity index is 353. The second kappa shape index (κ2) is 4.62. The van der Waals surface area contributed by atoms with Crippen molar-refractivity contribution in [1.29, 1.82) is 0 Å². The van der Waals surface area contributed by atoms with Crippen molar-refractivity contribution in [3.05, 3.63) is 34.1 Å². The van der Waals surface area contributed by atoms with Crippen LogP contribution in [0.1, 0.15) is 18.9 Å². The van der Waals surface area contributed by atoms with Gasteiger partial charge in [-0.3, -0.25) is 0 Å². The fraction of sp³-hybridized carbons (Fsp3) is 0.500. The third kappa shape index (κ3) is 2.79. The zero-order valence-corrected chi connectivity index (χ0v) is 10.3. The van der Waals surface area contributed by atoms with Crippen LogP contribution >= 0.6 is 15.9 Å². The maximum absolute atomic E-state index is 13.2. The lowest BCUT2D eigenvalue weighted by Gasteiger charge is -2.06. The molecule has 82 valence electrons. The Hall–Kier alpha value is -0.410. The van der Waals surface area contributed by atoms with Crippen LogP contribution in [0.2, 0.25) is 0 Å². The van der Waals surface area contributed by atoms with Gasteiger partial charge in [0.25, 0.3) is 0 Å². The molecule has 1 aromatic carbocycles. The first-order chi connectivity index (χ1) is 7.18. The van der Waals surface area contributed by atoms with Crippen molar-refractivity contribution in [3.63, 3.8) is 0 Å². The summed E-state index contributed by atoms with van der Waals surface area (Å²) in [6.07, 6.45) is 1.33. The largest absolute Gasteiger partial charge is 0.312 e. The van der Waals surface area contributed by atoms with Gasteiger partial charge in [-0.2, -0.15) is 0 Å². The SMILES string of the molecule is CC1CC1CNCc1cccc(F)c1Br. The predicted molar refractivity (Wildman–Crippen MR) is 63.1 cm³/mol. The predicted octanol–water partition coefficient (Wildman–Crippen LogP) is 3.33. The topological polar surface area (TPSA) is 12.0 Å². The van der Waals surface area contributed by atoms with E-state index in [2.05, 4.69) is 28.2 Å². The summed E-state index contributed by atoms with van der Waals surface area (Å²) >= 11 is 3.26. The summed E-state index contributed by atoms with van der Waals surface area (Å²) in [7, 11) is 0. The molecule has 0 spiro atoms. The van der Waals surface area contributed by atoms with Crippen molar-refractivity contribution in [3.8, 4) is 0 Å². The van der Waals surface area contributed by atoms with E-state index in [0.717, 1.165) is 30.5 Å². The summed E-state index contributed by atoms with van der Waals surface area (Å²) in [5.41, 5.74) is 0.989. The fourth-order valence-corrected chi connectivity index (χ4v) is 2.17. The van der Waals surface area contributed by atoms with Crippen molar-refractivity contribution in [2.45, 2.75) is 19.9 Å². The van der Waals surface area contributed by atoms with E-state index in [-0.39, 0.29) is 5.82 Å². The first kappa shape index (κ1) is 11.1. The lowest BCUT2D eigenvalue weighted by Crippen LogP contribution is -2.17. The van der Waals surface area contributed by atoms with Crippen LogP contribution in [-0.4, -0.2) is 6.54 Å². The number of hydrogen-bond donors (Lipinski definition) is 1. The van der Waals surface area contributed by atoms with Gasteiger partial charge in [-0.15, -0.1) is 0 Å². The van der Waals surface area contributed by atoms with E-state index in [1.54, 1.807) is 6.07 Å². The van der Waals surface area contributed by atoms with E-state index in [9.17, 15) is 4.39 Å². The molecule has 0 aromatic heterocycles. The van der Waals surface area contributed by atoms with Gasteiger partial charge >= 0.3 is 0 Å². The average molecular weight is 272 g/mol. The second-order valence-corrected chi connectivity index (χ2v) is 5.11. The first-order valence-corrected chi connectivity index (χ1v) is 6.11. The lowest BCUT2D eigenvalue weighted by atomic mass is 10.2. The van der Waals surface area contributed by atoms with Gasteiger partial charge in [0.1, 0.15) is 5.82 Å². The molecule has 1 aliphatic carbocycles. The van der Waals surface area contributed by atoms with Crippen molar-refractivity contribution >= 4 is 15.9 Å². The van der Waals surface area contributed by atoms with Crippen molar-refractivity contribution in [2.24, 2.45) is 11.8 Å². The summed E-state index contributed by atoms with van der Waals surface area (Å²) in [4.78, 5) is 0. The molecule has 1 saturated carbocycles. The van der Waals surface area contributed by atoms with E-state index >= 15 is 0 Å². The molecule has 0 saturated heterocycles. The average Bonchev–Trinajstić information content (AvgIpc) is 2.89. The smallest absolute Gasteiger partial charge is 0.137 e. The van der Waals surface area contributed by atoms with Gasteiger partial charge in [-0.05, 0) is 52.4 Å². The maximum Gasteiger partial charge on any atom is 0.137 e. The van der Waals surface area contributed by atoms with Gasteiger partial charge in [0.15, 0.2) is 0 Å². The van der Waals surface area contributed by atoms with Crippen molar-refractivity contribution in [2.75, 3.05) is 6.54 Å². The summed E-state index contributed by atoms with van der Waals surface area (Å²) < 4.78 is 13.7. The van der Waals surface area contributed by atoms with E-state index in [1.165, 1.54) is 12.5 Å². The van der Waals surface area contributed by atoms with Crippen LogP contribution in [0.15, 0.2) is 22.7 Å². The van der Waals surface area contributed by atoms with Gasteiger partial charge in [0, 0.05) is 6.54 Å². The highest BCUT2D eigenvalue weighted by atomic mass is 79.9. The van der Waals surface area contributed by atoms with Gasteiger partial charge in [0.05, 0.1) is 4.47 Å². The molecule has 2 rings (SSSR count). The minimum atomic E-state index is -0.186. The first-order valence-electron chi connectivity index (χ1n) is 5.32. The second-order valence-electron chi connectivity index (χ2n) is 4.32. The molecule has 3 heteroatoms. The lowest BCUT2D eigenvalue weighted by molar-refractivity contribution is 0.595. The highest BCUT2D eigenvalue weighted by Crippen LogP contribution is 2.36. The molecule has 1 aromatic rings. The highest BCUT2D eigenvalue weighted by Gasteiger charge is 2.31. The molecule has 1 aliphatic rings. The Morgan fingerprint density at radius 2 is 2.27 bits per heavy atom. The Balaban J connectivity index is 1.85. The molecule has 0 aliphatic heterocycles. The Labute approximate surface area is 98.2 Å². The minimum absolute atomic E-state index is 0.186. The van der Waals surface area contributed by atoms with Crippen LogP contribution in [-0.2, 0) is 6.54 Å². The molecule has 15 heavy (non-hydrogen) atoms. The monoisotopic (exact) mass is 271 g/mol. The summed E-state index contributed by atoms with van der Waals surface area (Å²) in [5, 5.41) is 3.37. The number of nitrogens with one attached hydrogen (secondary N) is 1. The van der Waals surface area contributed by atoms with E-state index < -0.39 is 0 Å². The fourth-order valence-electron chi connectivity index (χ4n) is 1.76. The van der Waals surface area contributed by atoms with Crippen LogP contribution in [0.5, 0.6) is 0 Å². The third-order valence-electron chi connectivity index (χ3n) is 3.03. The Morgan fingerprint density at radius 3 is 2.93 bits per heavy atom. The highest BCUT2D eigenvalue weighted by molar-refractivity contribution is 9.10. The normalized spacial score (nSPS) is 24.2. The summed E-state index contributed by atoms with van der Waals surface area (Å²) in [6.45, 7) is 4.05. The zero-order valence-electron chi connectivity index (χ0n) is 8.76. The maximum atomic E-state index is 13.2. The quantitative estimate of drug-likeness (QED) is 0.886. The molecular weight excluding hydrogens is 257 g/mol. The molecular formula is C12H15BrFN.